The Labute approximate surface area is 128 Å². The van der Waals surface area contributed by atoms with Gasteiger partial charge in [0.05, 0.1) is 0 Å². The van der Waals surface area contributed by atoms with Crippen LogP contribution in [0.5, 0.6) is 0 Å². The number of hydrogen-bond donors (Lipinski definition) is 2. The average Bonchev–Trinajstić information content (AvgIpc) is 2.84. The molecule has 1 aliphatic rings. The molecule has 1 aliphatic heterocycles. The second-order valence-electron chi connectivity index (χ2n) is 5.80. The quantitative estimate of drug-likeness (QED) is 0.898. The Balaban J connectivity index is 1.67. The van der Waals surface area contributed by atoms with Crippen molar-refractivity contribution >= 4 is 26.8 Å². The Morgan fingerprint density at radius 2 is 2.10 bits per heavy atom. The Kier molecular flexibility index (Phi) is 4.44. The van der Waals surface area contributed by atoms with E-state index in [2.05, 4.69) is 50.2 Å². The highest BCUT2D eigenvalue weighted by atomic mass is 79.9. The molecule has 20 heavy (non-hydrogen) atoms. The summed E-state index contributed by atoms with van der Waals surface area (Å²) in [7, 11) is 0. The molecule has 3 N–H and O–H groups in total. The van der Waals surface area contributed by atoms with E-state index in [1.807, 2.05) is 0 Å². The molecule has 4 heteroatoms. The largest absolute Gasteiger partial charge is 0.361 e. The number of aromatic nitrogens is 1. The monoisotopic (exact) mass is 335 g/mol. The van der Waals surface area contributed by atoms with Crippen LogP contribution in [0.15, 0.2) is 28.9 Å². The van der Waals surface area contributed by atoms with Crippen molar-refractivity contribution in [3.8, 4) is 0 Å². The van der Waals surface area contributed by atoms with Gasteiger partial charge in [-0.1, -0.05) is 15.9 Å². The molecule has 1 fully saturated rings. The van der Waals surface area contributed by atoms with Gasteiger partial charge < -0.3 is 10.7 Å². The van der Waals surface area contributed by atoms with E-state index >= 15 is 0 Å². The van der Waals surface area contributed by atoms with E-state index in [1.165, 1.54) is 48.8 Å². The van der Waals surface area contributed by atoms with Crippen molar-refractivity contribution in [3.05, 3.63) is 34.4 Å². The first-order valence-corrected chi connectivity index (χ1v) is 8.23. The van der Waals surface area contributed by atoms with Gasteiger partial charge in [-0.05, 0) is 68.6 Å². The first kappa shape index (κ1) is 14.1. The molecule has 1 aromatic carbocycles. The maximum atomic E-state index is 5.66. The second kappa shape index (κ2) is 6.29. The number of fused-ring (bicyclic) bond motifs is 1. The second-order valence-corrected chi connectivity index (χ2v) is 6.72. The van der Waals surface area contributed by atoms with Crippen LogP contribution in [-0.4, -0.2) is 29.5 Å². The molecule has 1 aromatic heterocycles. The zero-order valence-corrected chi connectivity index (χ0v) is 13.3. The predicted octanol–water partition coefficient (Wildman–Crippen LogP) is 3.49. The van der Waals surface area contributed by atoms with Crippen LogP contribution in [0.4, 0.5) is 0 Å². The zero-order chi connectivity index (χ0) is 13.9. The lowest BCUT2D eigenvalue weighted by atomic mass is 9.93. The van der Waals surface area contributed by atoms with Gasteiger partial charge >= 0.3 is 0 Å². The average molecular weight is 336 g/mol. The van der Waals surface area contributed by atoms with Crippen molar-refractivity contribution in [2.75, 3.05) is 19.6 Å². The topological polar surface area (TPSA) is 45.0 Å². The van der Waals surface area contributed by atoms with Gasteiger partial charge in [0.1, 0.15) is 0 Å². The van der Waals surface area contributed by atoms with Crippen molar-refractivity contribution in [1.82, 2.24) is 9.88 Å². The van der Waals surface area contributed by atoms with Crippen LogP contribution >= 0.6 is 15.9 Å². The molecule has 0 aliphatic carbocycles. The number of rotatable bonds is 4. The molecular formula is C16H22BrN3. The lowest BCUT2D eigenvalue weighted by Gasteiger charge is -2.31. The number of H-pyrrole nitrogens is 1. The summed E-state index contributed by atoms with van der Waals surface area (Å²) >= 11 is 3.56. The summed E-state index contributed by atoms with van der Waals surface area (Å²) in [5.41, 5.74) is 8.28. The first-order chi connectivity index (χ1) is 9.76. The smallest absolute Gasteiger partial charge is 0.0458 e. The normalized spacial score (nSPS) is 17.9. The van der Waals surface area contributed by atoms with Gasteiger partial charge in [0, 0.05) is 28.1 Å². The van der Waals surface area contributed by atoms with Crippen molar-refractivity contribution in [2.45, 2.75) is 25.8 Å². The van der Waals surface area contributed by atoms with Crippen LogP contribution in [-0.2, 0) is 6.54 Å². The van der Waals surface area contributed by atoms with Crippen molar-refractivity contribution in [3.63, 3.8) is 0 Å². The van der Waals surface area contributed by atoms with Gasteiger partial charge in [0.25, 0.3) is 0 Å². The number of halogens is 1. The summed E-state index contributed by atoms with van der Waals surface area (Å²) in [6.45, 7) is 4.28. The van der Waals surface area contributed by atoms with E-state index < -0.39 is 0 Å². The maximum absolute atomic E-state index is 5.66. The molecular weight excluding hydrogens is 314 g/mol. The van der Waals surface area contributed by atoms with Crippen LogP contribution in [0.3, 0.4) is 0 Å². The molecule has 0 bridgehead atoms. The number of benzene rings is 1. The molecule has 0 atom stereocenters. The van der Waals surface area contributed by atoms with Crippen LogP contribution in [0, 0.1) is 5.92 Å². The molecule has 3 nitrogen and oxygen atoms in total. The van der Waals surface area contributed by atoms with Gasteiger partial charge in [-0.25, -0.2) is 0 Å². The molecule has 108 valence electrons. The van der Waals surface area contributed by atoms with E-state index in [1.54, 1.807) is 0 Å². The molecule has 0 unspecified atom stereocenters. The maximum Gasteiger partial charge on any atom is 0.0458 e. The summed E-state index contributed by atoms with van der Waals surface area (Å²) in [6.07, 6.45) is 5.93. The minimum atomic E-state index is 0.834. The van der Waals surface area contributed by atoms with Gasteiger partial charge in [-0.2, -0.15) is 0 Å². The van der Waals surface area contributed by atoms with Crippen LogP contribution < -0.4 is 5.73 Å². The Morgan fingerprint density at radius 3 is 2.85 bits per heavy atom. The highest BCUT2D eigenvalue weighted by Crippen LogP contribution is 2.26. The third kappa shape index (κ3) is 3.08. The predicted molar refractivity (Wildman–Crippen MR) is 87.7 cm³/mol. The molecule has 2 heterocycles. The van der Waals surface area contributed by atoms with E-state index in [-0.39, 0.29) is 0 Å². The minimum absolute atomic E-state index is 0.834. The van der Waals surface area contributed by atoms with Crippen molar-refractivity contribution < 1.29 is 0 Å². The minimum Gasteiger partial charge on any atom is -0.361 e. The van der Waals surface area contributed by atoms with Gasteiger partial charge in [0.2, 0.25) is 0 Å². The lowest BCUT2D eigenvalue weighted by Crippen LogP contribution is -2.33. The molecule has 0 amide bonds. The molecule has 0 spiro atoms. The Bertz CT molecular complexity index is 570. The fourth-order valence-electron chi connectivity index (χ4n) is 3.19. The summed E-state index contributed by atoms with van der Waals surface area (Å²) in [6, 6.07) is 6.43. The number of nitrogens with one attached hydrogen (secondary N) is 1. The van der Waals surface area contributed by atoms with Crippen molar-refractivity contribution in [1.29, 1.82) is 0 Å². The fourth-order valence-corrected chi connectivity index (χ4v) is 3.55. The molecule has 0 radical (unpaired) electrons. The number of aromatic amines is 1. The van der Waals surface area contributed by atoms with E-state index in [9.17, 15) is 0 Å². The first-order valence-electron chi connectivity index (χ1n) is 7.44. The molecule has 1 saturated heterocycles. The van der Waals surface area contributed by atoms with E-state index in [0.29, 0.717) is 0 Å². The van der Waals surface area contributed by atoms with Gasteiger partial charge in [0.15, 0.2) is 0 Å². The number of nitrogens with two attached hydrogens (primary N) is 1. The summed E-state index contributed by atoms with van der Waals surface area (Å²) in [5.74, 6) is 0.841. The Morgan fingerprint density at radius 1 is 1.30 bits per heavy atom. The third-order valence-electron chi connectivity index (χ3n) is 4.41. The van der Waals surface area contributed by atoms with Crippen LogP contribution in [0.2, 0.25) is 0 Å². The summed E-state index contributed by atoms with van der Waals surface area (Å²) in [5, 5.41) is 1.34. The zero-order valence-electron chi connectivity index (χ0n) is 11.7. The highest BCUT2D eigenvalue weighted by molar-refractivity contribution is 9.10. The fraction of sp³-hybridized carbons (Fsp3) is 0.500. The number of nitrogens with zero attached hydrogens (tertiary/aromatic N) is 1. The lowest BCUT2D eigenvalue weighted by molar-refractivity contribution is 0.174. The molecule has 0 saturated carbocycles. The standard InChI is InChI=1S/C16H22BrN3/c17-14-1-2-16-15(9-14)13(10-19-16)11-20-7-4-12(3-6-18)5-8-20/h1-2,9-10,12,19H,3-8,11,18H2. The SMILES string of the molecule is NCCC1CCN(Cc2c[nH]c3ccc(Br)cc23)CC1. The Hall–Kier alpha value is -0.840. The van der Waals surface area contributed by atoms with E-state index in [0.717, 1.165) is 23.5 Å². The summed E-state index contributed by atoms with van der Waals surface area (Å²) in [4.78, 5) is 5.94. The number of piperidine rings is 1. The number of hydrogen-bond acceptors (Lipinski definition) is 2. The molecule has 3 rings (SSSR count). The number of likely N-dealkylation sites (tertiary alicyclic amines) is 1. The third-order valence-corrected chi connectivity index (χ3v) is 4.90. The van der Waals surface area contributed by atoms with E-state index in [4.69, 9.17) is 5.73 Å². The van der Waals surface area contributed by atoms with Crippen LogP contribution in [0.1, 0.15) is 24.8 Å². The van der Waals surface area contributed by atoms with Crippen molar-refractivity contribution in [2.24, 2.45) is 11.7 Å². The van der Waals surface area contributed by atoms with Gasteiger partial charge in [-0.3, -0.25) is 4.90 Å². The summed E-state index contributed by atoms with van der Waals surface area (Å²) < 4.78 is 1.15. The van der Waals surface area contributed by atoms with Crippen LogP contribution in [0.25, 0.3) is 10.9 Å². The molecule has 2 aromatic rings. The highest BCUT2D eigenvalue weighted by Gasteiger charge is 2.19. The van der Waals surface area contributed by atoms with Gasteiger partial charge in [-0.15, -0.1) is 0 Å².